The van der Waals surface area contributed by atoms with Gasteiger partial charge in [-0.05, 0) is 24.3 Å². The van der Waals surface area contributed by atoms with Gasteiger partial charge in [-0.3, -0.25) is 0 Å². The molecule has 0 aliphatic rings. The molecule has 0 unspecified atom stereocenters. The minimum atomic E-state index is -1.33. The van der Waals surface area contributed by atoms with E-state index in [0.717, 1.165) is 6.07 Å². The smallest absolute Gasteiger partial charge is 0.339 e. The zero-order valence-electron chi connectivity index (χ0n) is 8.01. The Morgan fingerprint density at radius 1 is 1.00 bits per heavy atom. The number of aromatic carboxylic acids is 1. The maximum Gasteiger partial charge on any atom is 0.339 e. The summed E-state index contributed by atoms with van der Waals surface area (Å²) >= 11 is 0. The number of carboxylic acids is 1. The molecule has 2 rings (SSSR count). The monoisotopic (exact) mass is 220 g/mol. The number of benzene rings is 2. The van der Waals surface area contributed by atoms with E-state index in [1.807, 2.05) is 0 Å². The summed E-state index contributed by atoms with van der Waals surface area (Å²) in [6, 6.07) is 4.83. The number of fused-ring (bicyclic) bond motifs is 1. The van der Waals surface area contributed by atoms with E-state index < -0.39 is 11.7 Å². The fourth-order valence-electron chi connectivity index (χ4n) is 1.54. The van der Waals surface area contributed by atoms with E-state index in [2.05, 4.69) is 0 Å². The summed E-state index contributed by atoms with van der Waals surface area (Å²) in [6.45, 7) is 0. The second kappa shape index (κ2) is 3.30. The van der Waals surface area contributed by atoms with Crippen LogP contribution in [0.4, 0.5) is 0 Å². The molecule has 16 heavy (non-hydrogen) atoms. The average Bonchev–Trinajstić information content (AvgIpc) is 2.22. The van der Waals surface area contributed by atoms with Crippen LogP contribution in [0.1, 0.15) is 10.4 Å². The third-order valence-electron chi connectivity index (χ3n) is 2.30. The number of carboxylic acid groups (broad SMARTS) is 1. The zero-order valence-corrected chi connectivity index (χ0v) is 8.01. The first-order chi connectivity index (χ1) is 7.50. The second-order valence-corrected chi connectivity index (χ2v) is 3.33. The summed E-state index contributed by atoms with van der Waals surface area (Å²) in [5.74, 6) is -2.14. The van der Waals surface area contributed by atoms with Crippen molar-refractivity contribution >= 4 is 16.7 Å². The van der Waals surface area contributed by atoms with Gasteiger partial charge < -0.3 is 20.4 Å². The van der Waals surface area contributed by atoms with E-state index in [9.17, 15) is 20.1 Å². The van der Waals surface area contributed by atoms with Crippen LogP contribution in [0.3, 0.4) is 0 Å². The van der Waals surface area contributed by atoms with Gasteiger partial charge in [0.1, 0.15) is 22.8 Å². The highest BCUT2D eigenvalue weighted by Gasteiger charge is 2.16. The van der Waals surface area contributed by atoms with Gasteiger partial charge >= 0.3 is 5.97 Å². The first-order valence-corrected chi connectivity index (χ1v) is 4.41. The second-order valence-electron chi connectivity index (χ2n) is 3.33. The Balaban J connectivity index is 2.90. The molecule has 0 fully saturated rings. The molecule has 2 aromatic carbocycles. The van der Waals surface area contributed by atoms with Gasteiger partial charge in [0.2, 0.25) is 0 Å². The van der Waals surface area contributed by atoms with E-state index >= 15 is 0 Å². The molecule has 0 heterocycles. The highest BCUT2D eigenvalue weighted by atomic mass is 16.4. The van der Waals surface area contributed by atoms with Crippen molar-refractivity contribution < 1.29 is 25.2 Å². The van der Waals surface area contributed by atoms with Gasteiger partial charge in [0.15, 0.2) is 0 Å². The van der Waals surface area contributed by atoms with Crippen molar-refractivity contribution in [3.63, 3.8) is 0 Å². The number of hydrogen-bond donors (Lipinski definition) is 4. The fraction of sp³-hybridized carbons (Fsp3) is 0. The maximum absolute atomic E-state index is 10.8. The molecular formula is C11H8O5. The van der Waals surface area contributed by atoms with Crippen molar-refractivity contribution in [1.29, 1.82) is 0 Å². The van der Waals surface area contributed by atoms with E-state index in [1.165, 1.54) is 18.2 Å². The van der Waals surface area contributed by atoms with Crippen LogP contribution in [0.25, 0.3) is 10.8 Å². The first-order valence-electron chi connectivity index (χ1n) is 4.41. The molecule has 4 N–H and O–H groups in total. The van der Waals surface area contributed by atoms with Crippen LogP contribution >= 0.6 is 0 Å². The third kappa shape index (κ3) is 1.38. The van der Waals surface area contributed by atoms with E-state index in [-0.39, 0.29) is 27.8 Å². The number of aromatic hydroxyl groups is 3. The molecule has 0 aliphatic heterocycles. The lowest BCUT2D eigenvalue weighted by Crippen LogP contribution is -1.97. The first kappa shape index (κ1) is 10.1. The van der Waals surface area contributed by atoms with Crippen molar-refractivity contribution in [3.05, 3.63) is 29.8 Å². The Kier molecular flexibility index (Phi) is 2.09. The van der Waals surface area contributed by atoms with Crippen molar-refractivity contribution in [2.45, 2.75) is 0 Å². The van der Waals surface area contributed by atoms with E-state index in [0.29, 0.717) is 0 Å². The van der Waals surface area contributed by atoms with Crippen LogP contribution in [0.15, 0.2) is 24.3 Å². The molecule has 0 amide bonds. The Morgan fingerprint density at radius 2 is 1.69 bits per heavy atom. The van der Waals surface area contributed by atoms with Crippen LogP contribution in [0.2, 0.25) is 0 Å². The minimum absolute atomic E-state index is 0.0784. The predicted molar refractivity (Wildman–Crippen MR) is 55.9 cm³/mol. The number of phenols is 3. The van der Waals surface area contributed by atoms with Crippen LogP contribution < -0.4 is 0 Å². The summed E-state index contributed by atoms with van der Waals surface area (Å²) in [4.78, 5) is 10.8. The largest absolute Gasteiger partial charge is 0.508 e. The van der Waals surface area contributed by atoms with Gasteiger partial charge in [-0.15, -0.1) is 0 Å². The summed E-state index contributed by atoms with van der Waals surface area (Å²) in [5.41, 5.74) is -0.379. The van der Waals surface area contributed by atoms with Gasteiger partial charge in [0.25, 0.3) is 0 Å². The Labute approximate surface area is 89.8 Å². The van der Waals surface area contributed by atoms with E-state index in [1.54, 1.807) is 0 Å². The van der Waals surface area contributed by atoms with Gasteiger partial charge in [-0.2, -0.15) is 0 Å². The van der Waals surface area contributed by atoms with Crippen LogP contribution in [0, 0.1) is 0 Å². The van der Waals surface area contributed by atoms with Crippen LogP contribution in [0.5, 0.6) is 17.2 Å². The van der Waals surface area contributed by atoms with E-state index in [4.69, 9.17) is 5.11 Å². The molecule has 0 radical (unpaired) electrons. The quantitative estimate of drug-likeness (QED) is 0.548. The molecule has 0 atom stereocenters. The normalized spacial score (nSPS) is 10.5. The minimum Gasteiger partial charge on any atom is -0.508 e. The fourth-order valence-corrected chi connectivity index (χ4v) is 1.54. The molecule has 0 saturated carbocycles. The standard InChI is InChI=1S/C11H8O5/c12-5-1-2-6-7(3-5)9(13)4-8(10(6)14)11(15)16/h1-4,12-14H,(H,15,16). The molecule has 2 aromatic rings. The summed E-state index contributed by atoms with van der Waals surface area (Å²) in [5, 5.41) is 37.6. The summed E-state index contributed by atoms with van der Waals surface area (Å²) in [7, 11) is 0. The van der Waals surface area contributed by atoms with Gasteiger partial charge in [0.05, 0.1) is 0 Å². The third-order valence-corrected chi connectivity index (χ3v) is 2.30. The number of carbonyl (C=O) groups is 1. The van der Waals surface area contributed by atoms with Crippen LogP contribution in [-0.2, 0) is 0 Å². The van der Waals surface area contributed by atoms with Crippen molar-refractivity contribution in [3.8, 4) is 17.2 Å². The zero-order chi connectivity index (χ0) is 11.9. The van der Waals surface area contributed by atoms with Crippen LogP contribution in [-0.4, -0.2) is 26.4 Å². The van der Waals surface area contributed by atoms with Gasteiger partial charge in [-0.25, -0.2) is 4.79 Å². The number of hydrogen-bond acceptors (Lipinski definition) is 4. The molecule has 5 heteroatoms. The molecule has 0 bridgehead atoms. The molecule has 0 spiro atoms. The van der Waals surface area contributed by atoms with Gasteiger partial charge in [-0.1, -0.05) is 0 Å². The Morgan fingerprint density at radius 3 is 2.31 bits per heavy atom. The molecule has 0 saturated heterocycles. The van der Waals surface area contributed by atoms with Gasteiger partial charge in [0, 0.05) is 10.8 Å². The van der Waals surface area contributed by atoms with Crippen molar-refractivity contribution in [2.75, 3.05) is 0 Å². The SMILES string of the molecule is O=C(O)c1cc(O)c2cc(O)ccc2c1O. The highest BCUT2D eigenvalue weighted by Crippen LogP contribution is 2.36. The Bertz CT molecular complexity index is 588. The predicted octanol–water partition coefficient (Wildman–Crippen LogP) is 1.65. The average molecular weight is 220 g/mol. The molecule has 5 nitrogen and oxygen atoms in total. The maximum atomic E-state index is 10.8. The number of rotatable bonds is 1. The van der Waals surface area contributed by atoms with Crippen molar-refractivity contribution in [2.24, 2.45) is 0 Å². The summed E-state index contributed by atoms with van der Waals surface area (Å²) < 4.78 is 0. The summed E-state index contributed by atoms with van der Waals surface area (Å²) in [6.07, 6.45) is 0. The molecule has 82 valence electrons. The lowest BCUT2D eigenvalue weighted by atomic mass is 10.0. The lowest BCUT2D eigenvalue weighted by Gasteiger charge is -2.07. The molecule has 0 aromatic heterocycles. The lowest BCUT2D eigenvalue weighted by molar-refractivity contribution is 0.0693. The number of phenolic OH excluding ortho intramolecular Hbond substituents is 2. The highest BCUT2D eigenvalue weighted by molar-refractivity contribution is 6.03. The topological polar surface area (TPSA) is 98.0 Å². The van der Waals surface area contributed by atoms with Crippen molar-refractivity contribution in [1.82, 2.24) is 0 Å². The Hall–Kier alpha value is -2.43. The molecular weight excluding hydrogens is 212 g/mol. The molecule has 0 aliphatic carbocycles.